The molecule has 0 spiro atoms. The van der Waals surface area contributed by atoms with Gasteiger partial charge in [-0.2, -0.15) is 5.21 Å². The Morgan fingerprint density at radius 2 is 2.17 bits per heavy atom. The van der Waals surface area contributed by atoms with Crippen molar-refractivity contribution in [2.45, 2.75) is 25.8 Å². The fourth-order valence-corrected chi connectivity index (χ4v) is 3.44. The molecule has 0 radical (unpaired) electrons. The van der Waals surface area contributed by atoms with E-state index in [4.69, 9.17) is 4.74 Å². The third-order valence-corrected chi connectivity index (χ3v) is 4.78. The van der Waals surface area contributed by atoms with E-state index in [2.05, 4.69) is 25.4 Å². The highest BCUT2D eigenvalue weighted by Crippen LogP contribution is 2.30. The Hall–Kier alpha value is -3.76. The van der Waals surface area contributed by atoms with E-state index in [-0.39, 0.29) is 22.9 Å². The first kappa shape index (κ1) is 18.6. The fourth-order valence-electron chi connectivity index (χ4n) is 3.44. The number of likely N-dealkylation sites (tertiary alicyclic amines) is 1. The number of nitrogens with zero attached hydrogens (tertiary/aromatic N) is 4. The average molecular weight is 398 g/mol. The van der Waals surface area contributed by atoms with Gasteiger partial charge in [-0.25, -0.2) is 9.78 Å². The first-order valence-electron chi connectivity index (χ1n) is 9.11. The molecule has 3 aromatic rings. The number of H-pyrrole nitrogens is 2. The SMILES string of the molecule is CCOc1cc(C(=O)N2CCC[C@@H]2C(=O)O)ccc1-c1nc2n[nH]nc2c(=O)[nH]1. The number of hydrogen-bond donors (Lipinski definition) is 3. The second-order valence-electron chi connectivity index (χ2n) is 6.55. The van der Waals surface area contributed by atoms with Gasteiger partial charge < -0.3 is 19.7 Å². The molecule has 1 aliphatic rings. The first-order valence-corrected chi connectivity index (χ1v) is 9.11. The topological polar surface area (TPSA) is 154 Å². The van der Waals surface area contributed by atoms with Crippen molar-refractivity contribution >= 4 is 23.0 Å². The molecule has 2 aromatic heterocycles. The van der Waals surface area contributed by atoms with E-state index in [0.29, 0.717) is 42.9 Å². The molecule has 4 rings (SSSR count). The molecule has 3 N–H and O–H groups in total. The zero-order valence-corrected chi connectivity index (χ0v) is 15.5. The lowest BCUT2D eigenvalue weighted by Crippen LogP contribution is -2.40. The number of aromatic amines is 2. The van der Waals surface area contributed by atoms with Crippen LogP contribution in [0.5, 0.6) is 5.75 Å². The van der Waals surface area contributed by atoms with Crippen LogP contribution in [0.4, 0.5) is 0 Å². The molecule has 1 aromatic carbocycles. The lowest BCUT2D eigenvalue weighted by Gasteiger charge is -2.22. The molecule has 1 atom stereocenters. The van der Waals surface area contributed by atoms with E-state index in [9.17, 15) is 19.5 Å². The van der Waals surface area contributed by atoms with Gasteiger partial charge in [0.1, 0.15) is 17.6 Å². The summed E-state index contributed by atoms with van der Waals surface area (Å²) in [5, 5.41) is 19.3. The third-order valence-electron chi connectivity index (χ3n) is 4.78. The quantitative estimate of drug-likeness (QED) is 0.570. The largest absolute Gasteiger partial charge is 0.493 e. The van der Waals surface area contributed by atoms with Crippen LogP contribution in [0, 0.1) is 0 Å². The Kier molecular flexibility index (Phi) is 4.71. The number of ether oxygens (including phenoxy) is 1. The minimum atomic E-state index is -1.01. The second kappa shape index (κ2) is 7.34. The molecule has 11 heteroatoms. The third kappa shape index (κ3) is 3.30. The summed E-state index contributed by atoms with van der Waals surface area (Å²) in [5.41, 5.74) is 0.569. The minimum Gasteiger partial charge on any atom is -0.493 e. The number of amides is 1. The highest BCUT2D eigenvalue weighted by atomic mass is 16.5. The van der Waals surface area contributed by atoms with Crippen LogP contribution in [0.2, 0.25) is 0 Å². The predicted octanol–water partition coefficient (Wildman–Crippen LogP) is 0.796. The number of aromatic nitrogens is 5. The number of carbonyl (C=O) groups is 2. The molecular formula is C18H18N6O5. The van der Waals surface area contributed by atoms with Crippen molar-refractivity contribution in [2.24, 2.45) is 0 Å². The number of nitrogens with one attached hydrogen (secondary N) is 2. The number of carbonyl (C=O) groups excluding carboxylic acids is 1. The predicted molar refractivity (Wildman–Crippen MR) is 101 cm³/mol. The van der Waals surface area contributed by atoms with Crippen LogP contribution in [0.15, 0.2) is 23.0 Å². The van der Waals surface area contributed by atoms with Crippen molar-refractivity contribution in [1.29, 1.82) is 0 Å². The standard InChI is InChI=1S/C18H18N6O5/c1-2-29-12-8-9(17(26)24-7-3-4-11(24)18(27)28)5-6-10(12)14-19-15-13(16(25)20-14)21-23-22-15/h5-6,8,11H,2-4,7H2,1H3,(H,27,28)(H2,19,20,21,22,23,25)/t11-/m1/s1. The van der Waals surface area contributed by atoms with Crippen molar-refractivity contribution in [3.05, 3.63) is 34.1 Å². The number of benzene rings is 1. The van der Waals surface area contributed by atoms with E-state index in [1.807, 2.05) is 0 Å². The molecule has 0 unspecified atom stereocenters. The van der Waals surface area contributed by atoms with Crippen LogP contribution in [0.1, 0.15) is 30.1 Å². The van der Waals surface area contributed by atoms with Gasteiger partial charge in [0, 0.05) is 12.1 Å². The maximum absolute atomic E-state index is 12.9. The number of rotatable bonds is 5. The van der Waals surface area contributed by atoms with Crippen LogP contribution < -0.4 is 10.3 Å². The molecule has 11 nitrogen and oxygen atoms in total. The molecule has 29 heavy (non-hydrogen) atoms. The van der Waals surface area contributed by atoms with Crippen molar-refractivity contribution < 1.29 is 19.4 Å². The Balaban J connectivity index is 1.74. The second-order valence-corrected chi connectivity index (χ2v) is 6.55. The van der Waals surface area contributed by atoms with Gasteiger partial charge in [-0.1, -0.05) is 0 Å². The van der Waals surface area contributed by atoms with E-state index in [0.717, 1.165) is 0 Å². The Labute approximate surface area is 163 Å². The van der Waals surface area contributed by atoms with Crippen LogP contribution >= 0.6 is 0 Å². The number of aliphatic carboxylic acids is 1. The van der Waals surface area contributed by atoms with E-state index >= 15 is 0 Å². The van der Waals surface area contributed by atoms with Crippen molar-refractivity contribution in [3.8, 4) is 17.1 Å². The van der Waals surface area contributed by atoms with Gasteiger partial charge in [-0.3, -0.25) is 9.59 Å². The van der Waals surface area contributed by atoms with Crippen LogP contribution in [-0.2, 0) is 4.79 Å². The summed E-state index contributed by atoms with van der Waals surface area (Å²) in [4.78, 5) is 44.7. The Morgan fingerprint density at radius 3 is 2.93 bits per heavy atom. The molecule has 3 heterocycles. The van der Waals surface area contributed by atoms with Gasteiger partial charge in [0.2, 0.25) is 5.65 Å². The lowest BCUT2D eigenvalue weighted by molar-refractivity contribution is -0.141. The summed E-state index contributed by atoms with van der Waals surface area (Å²) >= 11 is 0. The maximum atomic E-state index is 12.9. The highest BCUT2D eigenvalue weighted by Gasteiger charge is 2.34. The van der Waals surface area contributed by atoms with Gasteiger partial charge in [-0.05, 0) is 38.0 Å². The summed E-state index contributed by atoms with van der Waals surface area (Å²) in [7, 11) is 0. The molecule has 0 aliphatic carbocycles. The summed E-state index contributed by atoms with van der Waals surface area (Å²) in [6.45, 7) is 2.50. The number of carboxylic acids is 1. The van der Waals surface area contributed by atoms with Gasteiger partial charge in [-0.15, -0.1) is 10.2 Å². The molecule has 1 aliphatic heterocycles. The zero-order valence-electron chi connectivity index (χ0n) is 15.5. The lowest BCUT2D eigenvalue weighted by atomic mass is 10.1. The van der Waals surface area contributed by atoms with Crippen molar-refractivity contribution in [2.75, 3.05) is 13.2 Å². The molecule has 1 saturated heterocycles. The Bertz CT molecular complexity index is 1150. The first-order chi connectivity index (χ1) is 14.0. The molecular weight excluding hydrogens is 380 g/mol. The summed E-state index contributed by atoms with van der Waals surface area (Å²) in [6, 6.07) is 3.87. The molecule has 1 amide bonds. The molecule has 1 fully saturated rings. The van der Waals surface area contributed by atoms with Gasteiger partial charge in [0.25, 0.3) is 11.5 Å². The fraction of sp³-hybridized carbons (Fsp3) is 0.333. The summed E-state index contributed by atoms with van der Waals surface area (Å²) in [6.07, 6.45) is 1.07. The summed E-state index contributed by atoms with van der Waals surface area (Å²) in [5.74, 6) is -0.824. The molecule has 0 bridgehead atoms. The number of hydrogen-bond acceptors (Lipinski definition) is 7. The van der Waals surface area contributed by atoms with Gasteiger partial charge in [0.15, 0.2) is 5.52 Å². The molecule has 150 valence electrons. The monoisotopic (exact) mass is 398 g/mol. The normalized spacial score (nSPS) is 16.3. The van der Waals surface area contributed by atoms with E-state index < -0.39 is 17.6 Å². The van der Waals surface area contributed by atoms with E-state index in [1.165, 1.54) is 11.0 Å². The van der Waals surface area contributed by atoms with Crippen molar-refractivity contribution in [3.63, 3.8) is 0 Å². The average Bonchev–Trinajstić information content (AvgIpc) is 3.37. The maximum Gasteiger partial charge on any atom is 0.326 e. The van der Waals surface area contributed by atoms with Gasteiger partial charge >= 0.3 is 5.97 Å². The van der Waals surface area contributed by atoms with Crippen LogP contribution in [-0.4, -0.2) is 66.5 Å². The highest BCUT2D eigenvalue weighted by molar-refractivity contribution is 5.98. The summed E-state index contributed by atoms with van der Waals surface area (Å²) < 4.78 is 5.66. The molecule has 0 saturated carbocycles. The smallest absolute Gasteiger partial charge is 0.326 e. The van der Waals surface area contributed by atoms with Crippen LogP contribution in [0.25, 0.3) is 22.6 Å². The minimum absolute atomic E-state index is 0.0900. The number of carboxylic acid groups (broad SMARTS) is 1. The van der Waals surface area contributed by atoms with Crippen molar-refractivity contribution in [1.82, 2.24) is 30.3 Å². The Morgan fingerprint density at radius 1 is 1.34 bits per heavy atom. The van der Waals surface area contributed by atoms with E-state index in [1.54, 1.807) is 19.1 Å². The van der Waals surface area contributed by atoms with Crippen LogP contribution in [0.3, 0.4) is 0 Å². The zero-order chi connectivity index (χ0) is 20.5. The number of fused-ring (bicyclic) bond motifs is 1. The van der Waals surface area contributed by atoms with Gasteiger partial charge in [0.05, 0.1) is 12.2 Å².